The zero-order chi connectivity index (χ0) is 57.9. The van der Waals surface area contributed by atoms with Crippen molar-refractivity contribution in [3.63, 3.8) is 0 Å². The number of allylic oxidation sites excluding steroid dienone is 15. The summed E-state index contributed by atoms with van der Waals surface area (Å²) in [6, 6.07) is 6.02. The monoisotopic (exact) mass is 1090 g/mol. The number of cyclic esters (lactones) is 1. The number of carbonyl (C=O) groups excluding carboxylic acids is 4. The second-order valence-electron chi connectivity index (χ2n) is 20.5. The van der Waals surface area contributed by atoms with E-state index >= 15 is 0 Å². The van der Waals surface area contributed by atoms with E-state index in [0.717, 1.165) is 5.69 Å². The van der Waals surface area contributed by atoms with Crippen LogP contribution in [0.5, 0.6) is 0 Å². The lowest BCUT2D eigenvalue weighted by molar-refractivity contribution is -0.279. The van der Waals surface area contributed by atoms with Crippen LogP contribution in [0, 0.1) is 11.8 Å². The van der Waals surface area contributed by atoms with Gasteiger partial charge in [0.15, 0.2) is 12.1 Å². The number of ketones is 3. The van der Waals surface area contributed by atoms with E-state index in [-0.39, 0.29) is 56.5 Å². The number of nitrogens with two attached hydrogens (primary N) is 1. The number of aliphatic hydroxyl groups is 10. The third kappa shape index (κ3) is 25.3. The Balaban J connectivity index is 1.82. The Morgan fingerprint density at radius 1 is 0.679 bits per heavy atom. The molecule has 0 amide bonds. The standard InChI is InChI=1S/C59H86N2O17/c1-36-18-16-14-12-10-8-6-7-9-11-13-15-17-19-50(77-59-57(75)56(74)55(60)39(4)76-59)35-52(71)38(3)51(70)33-48(68)30-46(66)28-44(64)26-43(63)27-45(65)29-47(67)31-49(69)34-54(73)78-58(36)37(2)20-25-42(62)32-53(72)40-21-23-41(61-5)24-22-40/h6-19,21-24,37-39,42-45,47,49-52,55-57,59,61-65,67,69-71,74-75H,20,25-35,60H2,1-5H3/b7-6+,10-8+,11-9+,14-12+,15-13+,18-16+,19-17+,58-36+/t37?,38?,39-,42?,43?,44?,45?,47?,49?,50?,51?,52?,55-,56+,57+,59?/m1/s1. The van der Waals surface area contributed by atoms with Crippen molar-refractivity contribution in [2.45, 2.75) is 190 Å². The van der Waals surface area contributed by atoms with Gasteiger partial charge < -0.3 is 76.3 Å². The molecule has 12 unspecified atom stereocenters. The van der Waals surface area contributed by atoms with Gasteiger partial charge in [0.1, 0.15) is 29.5 Å². The molecule has 13 N–H and O–H groups in total. The fraction of sp³-hybridized carbons (Fsp3) is 0.559. The van der Waals surface area contributed by atoms with Crippen molar-refractivity contribution in [3.05, 3.63) is 126 Å². The molecule has 3 rings (SSSR count). The van der Waals surface area contributed by atoms with Gasteiger partial charge in [0, 0.05) is 55.8 Å². The molecular weight excluding hydrogens is 1010 g/mol. The number of hydrogen-bond donors (Lipinski definition) is 12. The van der Waals surface area contributed by atoms with Gasteiger partial charge in [-0.25, -0.2) is 0 Å². The average Bonchev–Trinajstić information content (AvgIpc) is 3.38. The summed E-state index contributed by atoms with van der Waals surface area (Å²) in [6.45, 7) is 6.67. The maximum Gasteiger partial charge on any atom is 0.313 e. The molecule has 19 nitrogen and oxygen atoms in total. The molecule has 78 heavy (non-hydrogen) atoms. The van der Waals surface area contributed by atoms with Gasteiger partial charge in [-0.05, 0) is 82.2 Å². The molecule has 19 heteroatoms. The maximum atomic E-state index is 13.3. The van der Waals surface area contributed by atoms with Gasteiger partial charge in [-0.3, -0.25) is 19.2 Å². The predicted molar refractivity (Wildman–Crippen MR) is 294 cm³/mol. The Hall–Kier alpha value is -5.10. The summed E-state index contributed by atoms with van der Waals surface area (Å²) in [4.78, 5) is 51.8. The third-order valence-electron chi connectivity index (χ3n) is 13.6. The number of rotatable bonds is 10. The summed E-state index contributed by atoms with van der Waals surface area (Å²) in [5, 5.41) is 110. The van der Waals surface area contributed by atoms with Crippen molar-refractivity contribution < 1.29 is 84.5 Å². The Morgan fingerprint density at radius 2 is 1.19 bits per heavy atom. The van der Waals surface area contributed by atoms with E-state index < -0.39 is 141 Å². The summed E-state index contributed by atoms with van der Waals surface area (Å²) >= 11 is 0. The molecular formula is C59H86N2O17. The lowest BCUT2D eigenvalue weighted by Gasteiger charge is -2.41. The molecule has 0 spiro atoms. The molecule has 2 aliphatic rings. The van der Waals surface area contributed by atoms with Crippen molar-refractivity contribution >= 4 is 29.0 Å². The van der Waals surface area contributed by atoms with Gasteiger partial charge in [-0.15, -0.1) is 0 Å². The Kier molecular flexibility index (Phi) is 30.6. The topological polar surface area (TPSA) is 336 Å². The van der Waals surface area contributed by atoms with Crippen LogP contribution in [0.1, 0.15) is 115 Å². The highest BCUT2D eigenvalue weighted by atomic mass is 16.7. The first-order chi connectivity index (χ1) is 37.0. The number of aliphatic hydroxyl groups excluding tert-OH is 10. The first-order valence-corrected chi connectivity index (χ1v) is 26.8. The molecule has 2 heterocycles. The molecule has 1 aromatic carbocycles. The van der Waals surface area contributed by atoms with E-state index in [4.69, 9.17) is 19.9 Å². The van der Waals surface area contributed by atoms with Gasteiger partial charge in [-0.2, -0.15) is 0 Å². The summed E-state index contributed by atoms with van der Waals surface area (Å²) in [5.74, 6) is -3.43. The molecule has 0 bridgehead atoms. The number of benzene rings is 1. The van der Waals surface area contributed by atoms with Gasteiger partial charge in [0.2, 0.25) is 0 Å². The predicted octanol–water partition coefficient (Wildman–Crippen LogP) is 3.79. The number of nitrogens with one attached hydrogen (secondary N) is 1. The van der Waals surface area contributed by atoms with Crippen LogP contribution in [0.2, 0.25) is 0 Å². The molecule has 0 radical (unpaired) electrons. The number of anilines is 1. The lowest BCUT2D eigenvalue weighted by atomic mass is 9.89. The van der Waals surface area contributed by atoms with Crippen LogP contribution in [0.3, 0.4) is 0 Å². The van der Waals surface area contributed by atoms with E-state index in [1.807, 2.05) is 6.92 Å². The van der Waals surface area contributed by atoms with Gasteiger partial charge in [0.25, 0.3) is 0 Å². The molecule has 1 fully saturated rings. The molecule has 2 aliphatic heterocycles. The fourth-order valence-electron chi connectivity index (χ4n) is 8.85. The highest BCUT2D eigenvalue weighted by Crippen LogP contribution is 2.28. The molecule has 1 saturated heterocycles. The highest BCUT2D eigenvalue weighted by molar-refractivity contribution is 5.99. The van der Waals surface area contributed by atoms with Crippen molar-refractivity contribution in [2.75, 3.05) is 12.4 Å². The van der Waals surface area contributed by atoms with Crippen LogP contribution < -0.4 is 11.1 Å². The molecule has 0 aliphatic carbocycles. The number of esters is 1. The van der Waals surface area contributed by atoms with Crippen LogP contribution >= 0.6 is 0 Å². The first-order valence-electron chi connectivity index (χ1n) is 26.8. The Morgan fingerprint density at radius 3 is 1.76 bits per heavy atom. The van der Waals surface area contributed by atoms with E-state index in [1.54, 1.807) is 130 Å². The maximum absolute atomic E-state index is 13.3. The van der Waals surface area contributed by atoms with Crippen LogP contribution in [0.4, 0.5) is 5.69 Å². The molecule has 16 atom stereocenters. The van der Waals surface area contributed by atoms with E-state index in [1.165, 1.54) is 6.92 Å². The summed E-state index contributed by atoms with van der Waals surface area (Å²) in [7, 11) is 1.77. The van der Waals surface area contributed by atoms with E-state index in [9.17, 15) is 70.2 Å². The Labute approximate surface area is 458 Å². The molecule has 0 aromatic heterocycles. The number of ether oxygens (including phenoxy) is 3. The van der Waals surface area contributed by atoms with Crippen molar-refractivity contribution in [1.29, 1.82) is 0 Å². The second kappa shape index (κ2) is 35.5. The summed E-state index contributed by atoms with van der Waals surface area (Å²) in [6.07, 6.45) is 4.93. The lowest BCUT2D eigenvalue weighted by Crippen LogP contribution is -2.61. The second-order valence-corrected chi connectivity index (χ2v) is 20.5. The normalized spacial score (nSPS) is 35.6. The van der Waals surface area contributed by atoms with Crippen LogP contribution in [0.15, 0.2) is 121 Å². The minimum Gasteiger partial charge on any atom is -0.430 e. The highest BCUT2D eigenvalue weighted by Gasteiger charge is 2.42. The fourth-order valence-corrected chi connectivity index (χ4v) is 8.85. The number of hydrogen-bond acceptors (Lipinski definition) is 19. The first kappa shape index (κ1) is 67.2. The molecule has 1 aromatic rings. The van der Waals surface area contributed by atoms with Crippen molar-refractivity contribution in [1.82, 2.24) is 0 Å². The largest absolute Gasteiger partial charge is 0.430 e. The van der Waals surface area contributed by atoms with Crippen molar-refractivity contribution in [3.8, 4) is 0 Å². The van der Waals surface area contributed by atoms with Crippen LogP contribution in [-0.4, -0.2) is 167 Å². The molecule has 0 saturated carbocycles. The average molecular weight is 1100 g/mol. The Bertz CT molecular complexity index is 2260. The smallest absolute Gasteiger partial charge is 0.313 e. The van der Waals surface area contributed by atoms with Crippen LogP contribution in [0.25, 0.3) is 0 Å². The van der Waals surface area contributed by atoms with Gasteiger partial charge in [0.05, 0.1) is 79.9 Å². The zero-order valence-corrected chi connectivity index (χ0v) is 45.5. The van der Waals surface area contributed by atoms with Gasteiger partial charge in [-0.1, -0.05) is 98.9 Å². The van der Waals surface area contributed by atoms with E-state index in [2.05, 4.69) is 5.32 Å². The summed E-state index contributed by atoms with van der Waals surface area (Å²) < 4.78 is 17.6. The minimum atomic E-state index is -1.51. The number of carbonyl (C=O) groups is 4. The quantitative estimate of drug-likeness (QED) is 0.0901. The zero-order valence-electron chi connectivity index (χ0n) is 45.5. The minimum absolute atomic E-state index is 0.110. The van der Waals surface area contributed by atoms with Gasteiger partial charge >= 0.3 is 5.97 Å². The third-order valence-corrected chi connectivity index (χ3v) is 13.6. The number of Topliss-reactive ketones (excluding diaryl/α,β-unsaturated/α-hetero) is 3. The SMILES string of the molecule is CNc1ccc(C(=O)CC(O)CCC(C)\C2=C(C)/C=C/C=C/C=C/C=C/C=C/C=C/C=C/C(OC3O[C@H](C)[C@@H](N)[C@H](O)[C@@H]3O)CC(O)C(C)C(O)CC(=O)CC(=O)CC(O)CC(O)CC(O)CC(O)CC(O)CC(=O)O2)cc1. The van der Waals surface area contributed by atoms with Crippen LogP contribution in [-0.2, 0) is 28.6 Å². The molecule has 434 valence electrons. The summed E-state index contributed by atoms with van der Waals surface area (Å²) in [5.41, 5.74) is 7.83. The van der Waals surface area contributed by atoms with E-state index in [0.29, 0.717) is 17.6 Å². The van der Waals surface area contributed by atoms with Crippen molar-refractivity contribution in [2.24, 2.45) is 17.6 Å².